The summed E-state index contributed by atoms with van der Waals surface area (Å²) in [5.41, 5.74) is 1.56. The minimum atomic E-state index is -0.882. The highest BCUT2D eigenvalue weighted by Crippen LogP contribution is 2.18. The zero-order chi connectivity index (χ0) is 16.1. The second kappa shape index (κ2) is 6.98. The van der Waals surface area contributed by atoms with Crippen molar-refractivity contribution in [3.8, 4) is 11.4 Å². The summed E-state index contributed by atoms with van der Waals surface area (Å²) in [6.07, 6.45) is 3.89. The third-order valence-electron chi connectivity index (χ3n) is 3.10. The Balaban J connectivity index is 2.28. The van der Waals surface area contributed by atoms with Crippen molar-refractivity contribution in [2.75, 3.05) is 5.32 Å². The molecule has 2 heterocycles. The molecule has 0 amide bonds. The largest absolute Gasteiger partial charge is 0.480 e. The number of carboxylic acid groups (broad SMARTS) is 1. The highest BCUT2D eigenvalue weighted by Gasteiger charge is 2.19. The van der Waals surface area contributed by atoms with Gasteiger partial charge in [0.15, 0.2) is 5.82 Å². The quantitative estimate of drug-likeness (QED) is 0.853. The fourth-order valence-corrected chi connectivity index (χ4v) is 2.14. The van der Waals surface area contributed by atoms with Gasteiger partial charge in [-0.25, -0.2) is 14.8 Å². The second-order valence-corrected chi connectivity index (χ2v) is 5.62. The van der Waals surface area contributed by atoms with Gasteiger partial charge in [-0.3, -0.25) is 4.98 Å². The van der Waals surface area contributed by atoms with Gasteiger partial charge in [-0.1, -0.05) is 13.8 Å². The van der Waals surface area contributed by atoms with E-state index in [9.17, 15) is 9.90 Å². The van der Waals surface area contributed by atoms with Crippen molar-refractivity contribution in [2.24, 2.45) is 5.92 Å². The Bertz CT molecular complexity index is 644. The van der Waals surface area contributed by atoms with Crippen LogP contribution in [0.1, 0.15) is 26.0 Å². The number of carbonyl (C=O) groups is 1. The lowest BCUT2D eigenvalue weighted by molar-refractivity contribution is -0.138. The lowest BCUT2D eigenvalue weighted by Crippen LogP contribution is -2.31. The number of hydrogen-bond donors (Lipinski definition) is 2. The number of aromatic nitrogens is 3. The highest BCUT2D eigenvalue weighted by atomic mass is 16.4. The predicted molar refractivity (Wildman–Crippen MR) is 84.5 cm³/mol. The fourth-order valence-electron chi connectivity index (χ4n) is 2.14. The van der Waals surface area contributed by atoms with Crippen LogP contribution in [0.3, 0.4) is 0 Å². The Morgan fingerprint density at radius 3 is 2.73 bits per heavy atom. The molecule has 2 N–H and O–H groups in total. The van der Waals surface area contributed by atoms with E-state index in [-0.39, 0.29) is 5.92 Å². The van der Waals surface area contributed by atoms with Crippen LogP contribution in [-0.4, -0.2) is 32.1 Å². The third kappa shape index (κ3) is 4.25. The van der Waals surface area contributed by atoms with Crippen LogP contribution in [0.25, 0.3) is 11.4 Å². The van der Waals surface area contributed by atoms with E-state index in [1.54, 1.807) is 18.5 Å². The maximum Gasteiger partial charge on any atom is 0.326 e. The number of nitrogens with one attached hydrogen (secondary N) is 1. The zero-order valence-electron chi connectivity index (χ0n) is 12.9. The first-order valence-electron chi connectivity index (χ1n) is 7.21. The van der Waals surface area contributed by atoms with E-state index in [0.29, 0.717) is 18.1 Å². The predicted octanol–water partition coefficient (Wildman–Crippen LogP) is 2.76. The number of nitrogens with zero attached hydrogens (tertiary/aromatic N) is 3. The summed E-state index contributed by atoms with van der Waals surface area (Å²) in [6, 6.07) is 4.76. The van der Waals surface area contributed by atoms with Crippen LogP contribution < -0.4 is 5.32 Å². The van der Waals surface area contributed by atoms with Crippen LogP contribution in [0.2, 0.25) is 0 Å². The molecule has 22 heavy (non-hydrogen) atoms. The SMILES string of the molecule is Cc1cc(N[C@H](CC(C)C)C(=O)O)nc(-c2cccnc2)n1. The Morgan fingerprint density at radius 1 is 1.36 bits per heavy atom. The molecule has 0 aliphatic rings. The Hall–Kier alpha value is -2.50. The van der Waals surface area contributed by atoms with E-state index in [2.05, 4.69) is 20.3 Å². The van der Waals surface area contributed by atoms with Crippen molar-refractivity contribution < 1.29 is 9.90 Å². The molecule has 0 aromatic carbocycles. The zero-order valence-corrected chi connectivity index (χ0v) is 12.9. The Morgan fingerprint density at radius 2 is 2.14 bits per heavy atom. The van der Waals surface area contributed by atoms with Gasteiger partial charge in [-0.2, -0.15) is 0 Å². The van der Waals surface area contributed by atoms with E-state index in [4.69, 9.17) is 0 Å². The molecular formula is C16H20N4O2. The van der Waals surface area contributed by atoms with Gasteiger partial charge >= 0.3 is 5.97 Å². The number of anilines is 1. The number of rotatable bonds is 6. The molecule has 2 rings (SSSR count). The Labute approximate surface area is 129 Å². The second-order valence-electron chi connectivity index (χ2n) is 5.62. The number of aliphatic carboxylic acids is 1. The molecule has 6 nitrogen and oxygen atoms in total. The molecule has 2 aromatic heterocycles. The monoisotopic (exact) mass is 300 g/mol. The third-order valence-corrected chi connectivity index (χ3v) is 3.10. The summed E-state index contributed by atoms with van der Waals surface area (Å²) in [5.74, 6) is 0.436. The number of hydrogen-bond acceptors (Lipinski definition) is 5. The fraction of sp³-hybridized carbons (Fsp3) is 0.375. The highest BCUT2D eigenvalue weighted by molar-refractivity contribution is 5.77. The summed E-state index contributed by atoms with van der Waals surface area (Å²) in [4.78, 5) is 24.2. The topological polar surface area (TPSA) is 88.0 Å². The van der Waals surface area contributed by atoms with Gasteiger partial charge < -0.3 is 10.4 Å². The number of aryl methyl sites for hydroxylation is 1. The lowest BCUT2D eigenvalue weighted by atomic mass is 10.0. The summed E-state index contributed by atoms with van der Waals surface area (Å²) in [6.45, 7) is 5.83. The average Bonchev–Trinajstić information content (AvgIpc) is 2.46. The molecule has 116 valence electrons. The van der Waals surface area contributed by atoms with Gasteiger partial charge in [0.1, 0.15) is 11.9 Å². The number of pyridine rings is 1. The molecule has 0 unspecified atom stereocenters. The van der Waals surface area contributed by atoms with Crippen LogP contribution in [0.15, 0.2) is 30.6 Å². The molecule has 0 radical (unpaired) electrons. The van der Waals surface area contributed by atoms with E-state index in [0.717, 1.165) is 11.3 Å². The molecule has 0 aliphatic carbocycles. The van der Waals surface area contributed by atoms with E-state index >= 15 is 0 Å². The van der Waals surface area contributed by atoms with Crippen molar-refractivity contribution in [2.45, 2.75) is 33.2 Å². The van der Waals surface area contributed by atoms with Gasteiger partial charge in [0, 0.05) is 29.7 Å². The first-order chi connectivity index (χ1) is 10.5. The molecule has 0 fully saturated rings. The minimum Gasteiger partial charge on any atom is -0.480 e. The molecule has 0 aliphatic heterocycles. The van der Waals surface area contributed by atoms with Crippen LogP contribution in [0.4, 0.5) is 5.82 Å². The summed E-state index contributed by atoms with van der Waals surface area (Å²) >= 11 is 0. The molecule has 1 atom stereocenters. The maximum atomic E-state index is 11.4. The molecule has 0 saturated heterocycles. The standard InChI is InChI=1S/C16H20N4O2/c1-10(2)7-13(16(21)22)19-14-8-11(3)18-15(20-14)12-5-4-6-17-9-12/h4-6,8-10,13H,7H2,1-3H3,(H,21,22)(H,18,19,20)/t13-/m1/s1. The van der Waals surface area contributed by atoms with Gasteiger partial charge in [0.05, 0.1) is 0 Å². The van der Waals surface area contributed by atoms with Crippen LogP contribution in [0, 0.1) is 12.8 Å². The summed E-state index contributed by atoms with van der Waals surface area (Å²) in [7, 11) is 0. The smallest absolute Gasteiger partial charge is 0.326 e. The summed E-state index contributed by atoms with van der Waals surface area (Å²) < 4.78 is 0. The van der Waals surface area contributed by atoms with E-state index < -0.39 is 12.0 Å². The van der Waals surface area contributed by atoms with Crippen LogP contribution >= 0.6 is 0 Å². The van der Waals surface area contributed by atoms with Crippen molar-refractivity contribution in [1.82, 2.24) is 15.0 Å². The van der Waals surface area contributed by atoms with Crippen molar-refractivity contribution >= 4 is 11.8 Å². The number of carboxylic acids is 1. The average molecular weight is 300 g/mol. The van der Waals surface area contributed by atoms with Gasteiger partial charge in [0.25, 0.3) is 0 Å². The lowest BCUT2D eigenvalue weighted by Gasteiger charge is -2.17. The normalized spacial score (nSPS) is 12.2. The van der Waals surface area contributed by atoms with Crippen molar-refractivity contribution in [3.05, 3.63) is 36.3 Å². The van der Waals surface area contributed by atoms with Gasteiger partial charge in [-0.05, 0) is 31.4 Å². The van der Waals surface area contributed by atoms with Crippen LogP contribution in [0.5, 0.6) is 0 Å². The van der Waals surface area contributed by atoms with Gasteiger partial charge in [0.2, 0.25) is 0 Å². The molecular weight excluding hydrogens is 280 g/mol. The van der Waals surface area contributed by atoms with Crippen molar-refractivity contribution in [3.63, 3.8) is 0 Å². The summed E-state index contributed by atoms with van der Waals surface area (Å²) in [5, 5.41) is 12.3. The van der Waals surface area contributed by atoms with E-state index in [1.807, 2.05) is 32.9 Å². The first-order valence-corrected chi connectivity index (χ1v) is 7.21. The maximum absolute atomic E-state index is 11.4. The molecule has 0 bridgehead atoms. The van der Waals surface area contributed by atoms with E-state index in [1.165, 1.54) is 0 Å². The first kappa shape index (κ1) is 15.9. The Kier molecular flexibility index (Phi) is 5.04. The van der Waals surface area contributed by atoms with Gasteiger partial charge in [-0.15, -0.1) is 0 Å². The van der Waals surface area contributed by atoms with Crippen LogP contribution in [-0.2, 0) is 4.79 Å². The molecule has 0 saturated carbocycles. The molecule has 6 heteroatoms. The minimum absolute atomic E-state index is 0.273. The molecule has 2 aromatic rings. The molecule has 0 spiro atoms. The van der Waals surface area contributed by atoms with Crippen molar-refractivity contribution in [1.29, 1.82) is 0 Å².